The van der Waals surface area contributed by atoms with Crippen LogP contribution < -0.4 is 5.32 Å². The third-order valence-electron chi connectivity index (χ3n) is 4.05. The standard InChI is InChI=1S/C12H26N2/c1-5-11(13-4)12(3,6-2)14-9-7-8-10-14/h11,13H,5-10H2,1-4H3. The minimum atomic E-state index is 0.361. The van der Waals surface area contributed by atoms with Crippen LogP contribution >= 0.6 is 0 Å². The van der Waals surface area contributed by atoms with Crippen molar-refractivity contribution in [2.75, 3.05) is 20.1 Å². The van der Waals surface area contributed by atoms with Gasteiger partial charge in [0.2, 0.25) is 0 Å². The maximum atomic E-state index is 3.48. The fraction of sp³-hybridized carbons (Fsp3) is 1.00. The zero-order valence-corrected chi connectivity index (χ0v) is 10.3. The van der Waals surface area contributed by atoms with Crippen molar-refractivity contribution < 1.29 is 0 Å². The second kappa shape index (κ2) is 5.13. The molecule has 0 bridgehead atoms. The summed E-state index contributed by atoms with van der Waals surface area (Å²) in [5, 5.41) is 3.48. The molecule has 1 fully saturated rings. The van der Waals surface area contributed by atoms with Crippen molar-refractivity contribution in [2.24, 2.45) is 0 Å². The summed E-state index contributed by atoms with van der Waals surface area (Å²) in [6.07, 6.45) is 5.23. The average molecular weight is 198 g/mol. The third kappa shape index (κ3) is 2.12. The van der Waals surface area contributed by atoms with Crippen LogP contribution in [0.3, 0.4) is 0 Å². The summed E-state index contributed by atoms with van der Waals surface area (Å²) in [7, 11) is 2.10. The Kier molecular flexibility index (Phi) is 4.39. The molecule has 0 aromatic carbocycles. The van der Waals surface area contributed by atoms with E-state index in [1.807, 2.05) is 0 Å². The van der Waals surface area contributed by atoms with Gasteiger partial charge in [0.25, 0.3) is 0 Å². The van der Waals surface area contributed by atoms with Crippen molar-refractivity contribution >= 4 is 0 Å². The Bertz CT molecular complexity index is 156. The van der Waals surface area contributed by atoms with E-state index in [4.69, 9.17) is 0 Å². The molecule has 0 aliphatic carbocycles. The van der Waals surface area contributed by atoms with Crippen molar-refractivity contribution in [1.82, 2.24) is 10.2 Å². The molecule has 1 N–H and O–H groups in total. The largest absolute Gasteiger partial charge is 0.315 e. The van der Waals surface area contributed by atoms with Crippen LogP contribution in [0, 0.1) is 0 Å². The van der Waals surface area contributed by atoms with E-state index in [9.17, 15) is 0 Å². The molecule has 0 radical (unpaired) electrons. The Morgan fingerprint density at radius 2 is 1.86 bits per heavy atom. The summed E-state index contributed by atoms with van der Waals surface area (Å²) in [4.78, 5) is 2.68. The van der Waals surface area contributed by atoms with Gasteiger partial charge in [0.15, 0.2) is 0 Å². The van der Waals surface area contributed by atoms with Gasteiger partial charge < -0.3 is 5.32 Å². The van der Waals surface area contributed by atoms with Gasteiger partial charge in [-0.05, 0) is 52.7 Å². The van der Waals surface area contributed by atoms with Crippen LogP contribution in [0.25, 0.3) is 0 Å². The van der Waals surface area contributed by atoms with Crippen molar-refractivity contribution in [2.45, 2.75) is 58.0 Å². The highest BCUT2D eigenvalue weighted by Crippen LogP contribution is 2.29. The molecule has 1 aliphatic rings. The zero-order chi connectivity index (χ0) is 10.6. The minimum absolute atomic E-state index is 0.361. The van der Waals surface area contributed by atoms with Gasteiger partial charge in [0.1, 0.15) is 0 Å². The first kappa shape index (κ1) is 12.0. The first-order valence-corrected chi connectivity index (χ1v) is 6.11. The summed E-state index contributed by atoms with van der Waals surface area (Å²) >= 11 is 0. The Hall–Kier alpha value is -0.0800. The molecule has 1 rings (SSSR count). The third-order valence-corrected chi connectivity index (χ3v) is 4.05. The number of nitrogens with zero attached hydrogens (tertiary/aromatic N) is 1. The maximum Gasteiger partial charge on any atom is 0.0331 e. The summed E-state index contributed by atoms with van der Waals surface area (Å²) in [6.45, 7) is 9.61. The second-order valence-electron chi connectivity index (χ2n) is 4.65. The Labute approximate surface area is 89.1 Å². The molecule has 1 saturated heterocycles. The van der Waals surface area contributed by atoms with E-state index < -0.39 is 0 Å². The van der Waals surface area contributed by atoms with Crippen LogP contribution in [0.1, 0.15) is 46.5 Å². The van der Waals surface area contributed by atoms with E-state index >= 15 is 0 Å². The SMILES string of the molecule is CCC(NC)C(C)(CC)N1CCCC1. The van der Waals surface area contributed by atoms with Gasteiger partial charge in [-0.2, -0.15) is 0 Å². The highest BCUT2D eigenvalue weighted by atomic mass is 15.2. The molecular weight excluding hydrogens is 172 g/mol. The second-order valence-corrected chi connectivity index (χ2v) is 4.65. The Balaban J connectivity index is 2.71. The molecule has 0 spiro atoms. The van der Waals surface area contributed by atoms with E-state index in [1.165, 1.54) is 38.8 Å². The van der Waals surface area contributed by atoms with Crippen LogP contribution in [0.4, 0.5) is 0 Å². The normalized spacial score (nSPS) is 24.9. The maximum absolute atomic E-state index is 3.48. The van der Waals surface area contributed by atoms with Gasteiger partial charge in [-0.25, -0.2) is 0 Å². The fourth-order valence-electron chi connectivity index (χ4n) is 2.87. The summed E-state index contributed by atoms with van der Waals surface area (Å²) in [5.41, 5.74) is 0.361. The van der Waals surface area contributed by atoms with Gasteiger partial charge >= 0.3 is 0 Å². The molecule has 2 atom stereocenters. The quantitative estimate of drug-likeness (QED) is 0.729. The van der Waals surface area contributed by atoms with Crippen molar-refractivity contribution in [1.29, 1.82) is 0 Å². The van der Waals surface area contributed by atoms with E-state index in [-0.39, 0.29) is 0 Å². The molecular formula is C12H26N2. The van der Waals surface area contributed by atoms with E-state index in [0.29, 0.717) is 11.6 Å². The van der Waals surface area contributed by atoms with E-state index in [0.717, 1.165) is 0 Å². The summed E-state index contributed by atoms with van der Waals surface area (Å²) in [6, 6.07) is 0.630. The number of hydrogen-bond acceptors (Lipinski definition) is 2. The van der Waals surface area contributed by atoms with Gasteiger partial charge in [-0.3, -0.25) is 4.90 Å². The molecule has 2 heteroatoms. The van der Waals surface area contributed by atoms with Gasteiger partial charge in [0.05, 0.1) is 0 Å². The first-order valence-electron chi connectivity index (χ1n) is 6.11. The monoisotopic (exact) mass is 198 g/mol. The topological polar surface area (TPSA) is 15.3 Å². The Morgan fingerprint density at radius 3 is 2.21 bits per heavy atom. The van der Waals surface area contributed by atoms with Crippen molar-refractivity contribution in [3.63, 3.8) is 0 Å². The summed E-state index contributed by atoms with van der Waals surface area (Å²) in [5.74, 6) is 0. The lowest BCUT2D eigenvalue weighted by Gasteiger charge is -2.44. The Morgan fingerprint density at radius 1 is 1.29 bits per heavy atom. The molecule has 2 nitrogen and oxygen atoms in total. The smallest absolute Gasteiger partial charge is 0.0331 e. The molecule has 84 valence electrons. The lowest BCUT2D eigenvalue weighted by Crippen LogP contribution is -2.57. The number of hydrogen-bond donors (Lipinski definition) is 1. The highest BCUT2D eigenvalue weighted by molar-refractivity contribution is 4.96. The molecule has 0 amide bonds. The number of likely N-dealkylation sites (N-methyl/N-ethyl adjacent to an activating group) is 1. The molecule has 1 aliphatic heterocycles. The highest BCUT2D eigenvalue weighted by Gasteiger charge is 2.37. The lowest BCUT2D eigenvalue weighted by atomic mass is 9.86. The predicted molar refractivity (Wildman–Crippen MR) is 62.6 cm³/mol. The fourth-order valence-corrected chi connectivity index (χ4v) is 2.87. The minimum Gasteiger partial charge on any atom is -0.315 e. The van der Waals surface area contributed by atoms with Crippen LogP contribution in [0.5, 0.6) is 0 Å². The molecule has 1 heterocycles. The van der Waals surface area contributed by atoms with Crippen molar-refractivity contribution in [3.05, 3.63) is 0 Å². The average Bonchev–Trinajstić information content (AvgIpc) is 2.72. The van der Waals surface area contributed by atoms with Crippen LogP contribution in [0.2, 0.25) is 0 Å². The van der Waals surface area contributed by atoms with Crippen molar-refractivity contribution in [3.8, 4) is 0 Å². The zero-order valence-electron chi connectivity index (χ0n) is 10.3. The van der Waals surface area contributed by atoms with E-state index in [1.54, 1.807) is 0 Å². The lowest BCUT2D eigenvalue weighted by molar-refractivity contribution is 0.0857. The molecule has 2 unspecified atom stereocenters. The first-order chi connectivity index (χ1) is 6.69. The van der Waals surface area contributed by atoms with Crippen LogP contribution in [-0.2, 0) is 0 Å². The molecule has 0 saturated carbocycles. The summed E-state index contributed by atoms with van der Waals surface area (Å²) < 4.78 is 0. The number of nitrogens with one attached hydrogen (secondary N) is 1. The predicted octanol–water partition coefficient (Wildman–Crippen LogP) is 2.25. The van der Waals surface area contributed by atoms with Crippen LogP contribution in [0.15, 0.2) is 0 Å². The molecule has 0 aromatic heterocycles. The van der Waals surface area contributed by atoms with E-state index in [2.05, 4.69) is 38.0 Å². The number of likely N-dealkylation sites (tertiary alicyclic amines) is 1. The molecule has 0 aromatic rings. The van der Waals surface area contributed by atoms with Gasteiger partial charge in [0, 0.05) is 11.6 Å². The molecule has 14 heavy (non-hydrogen) atoms. The number of rotatable bonds is 5. The van der Waals surface area contributed by atoms with Crippen LogP contribution in [-0.4, -0.2) is 36.6 Å². The van der Waals surface area contributed by atoms with Gasteiger partial charge in [-0.15, -0.1) is 0 Å². The van der Waals surface area contributed by atoms with Gasteiger partial charge in [-0.1, -0.05) is 13.8 Å².